The van der Waals surface area contributed by atoms with E-state index in [1.807, 2.05) is 0 Å². The van der Waals surface area contributed by atoms with Gasteiger partial charge in [-0.3, -0.25) is 4.90 Å². The summed E-state index contributed by atoms with van der Waals surface area (Å²) in [5, 5.41) is 11.0. The maximum atomic E-state index is 5.87. The largest absolute Gasteiger partial charge is 0.374 e. The van der Waals surface area contributed by atoms with E-state index in [9.17, 15) is 0 Å². The number of morpholine rings is 1. The highest BCUT2D eigenvalue weighted by Crippen LogP contribution is 2.28. The third-order valence-electron chi connectivity index (χ3n) is 4.23. The summed E-state index contributed by atoms with van der Waals surface area (Å²) >= 11 is 3.44. The molecule has 4 rings (SSSR count). The van der Waals surface area contributed by atoms with Gasteiger partial charge in [0.1, 0.15) is 5.01 Å². The standard InChI is InChI=1S/C16H21N3OS2/c1-2-14(1)19-4-5-20-15(9-19)8-17-7-13-11-22-16(18-13)12-3-6-21-10-12/h3,6,10-11,14-15,17H,1-2,4-5,7-9H2. The molecule has 22 heavy (non-hydrogen) atoms. The van der Waals surface area contributed by atoms with Gasteiger partial charge in [-0.05, 0) is 24.3 Å². The van der Waals surface area contributed by atoms with Crippen molar-refractivity contribution >= 4 is 22.7 Å². The first kappa shape index (κ1) is 14.8. The fourth-order valence-electron chi connectivity index (χ4n) is 2.91. The van der Waals surface area contributed by atoms with Crippen LogP contribution in [0.25, 0.3) is 10.6 Å². The summed E-state index contributed by atoms with van der Waals surface area (Å²) in [7, 11) is 0. The number of hydrogen-bond donors (Lipinski definition) is 1. The lowest BCUT2D eigenvalue weighted by atomic mass is 10.2. The van der Waals surface area contributed by atoms with Gasteiger partial charge in [0.15, 0.2) is 0 Å². The molecule has 1 saturated heterocycles. The van der Waals surface area contributed by atoms with E-state index in [2.05, 4.69) is 32.4 Å². The predicted octanol–water partition coefficient (Wildman–Crippen LogP) is 2.82. The van der Waals surface area contributed by atoms with Crippen LogP contribution in [0.1, 0.15) is 18.5 Å². The van der Waals surface area contributed by atoms with Crippen LogP contribution in [0.15, 0.2) is 22.2 Å². The van der Waals surface area contributed by atoms with Crippen molar-refractivity contribution in [2.75, 3.05) is 26.2 Å². The zero-order valence-electron chi connectivity index (χ0n) is 12.5. The second-order valence-electron chi connectivity index (χ2n) is 6.01. The maximum absolute atomic E-state index is 5.87. The van der Waals surface area contributed by atoms with Crippen LogP contribution < -0.4 is 5.32 Å². The van der Waals surface area contributed by atoms with Gasteiger partial charge in [0, 0.05) is 48.5 Å². The van der Waals surface area contributed by atoms with Crippen molar-refractivity contribution < 1.29 is 4.74 Å². The highest BCUT2D eigenvalue weighted by atomic mass is 32.1. The topological polar surface area (TPSA) is 37.4 Å². The molecular weight excluding hydrogens is 314 g/mol. The van der Waals surface area contributed by atoms with Gasteiger partial charge in [-0.25, -0.2) is 4.98 Å². The summed E-state index contributed by atoms with van der Waals surface area (Å²) in [6.07, 6.45) is 3.08. The number of nitrogens with zero attached hydrogens (tertiary/aromatic N) is 2. The van der Waals surface area contributed by atoms with Crippen molar-refractivity contribution in [1.82, 2.24) is 15.2 Å². The maximum Gasteiger partial charge on any atom is 0.124 e. The molecule has 118 valence electrons. The number of thiophene rings is 1. The molecule has 1 atom stereocenters. The van der Waals surface area contributed by atoms with Crippen LogP contribution in [0, 0.1) is 0 Å². The number of ether oxygens (including phenoxy) is 1. The van der Waals surface area contributed by atoms with Crippen LogP contribution in [-0.2, 0) is 11.3 Å². The molecule has 2 aromatic heterocycles. The molecule has 2 aromatic rings. The molecule has 6 heteroatoms. The van der Waals surface area contributed by atoms with Gasteiger partial charge < -0.3 is 10.1 Å². The van der Waals surface area contributed by atoms with Crippen molar-refractivity contribution in [3.8, 4) is 10.6 Å². The summed E-state index contributed by atoms with van der Waals surface area (Å²) < 4.78 is 5.87. The molecule has 2 fully saturated rings. The molecular formula is C16H21N3OS2. The highest BCUT2D eigenvalue weighted by molar-refractivity contribution is 7.14. The molecule has 0 radical (unpaired) electrons. The van der Waals surface area contributed by atoms with E-state index in [-0.39, 0.29) is 0 Å². The first-order valence-corrected chi connectivity index (χ1v) is 9.74. The van der Waals surface area contributed by atoms with Gasteiger partial charge >= 0.3 is 0 Å². The fourth-order valence-corrected chi connectivity index (χ4v) is 4.44. The van der Waals surface area contributed by atoms with Crippen LogP contribution in [0.3, 0.4) is 0 Å². The van der Waals surface area contributed by atoms with Crippen molar-refractivity contribution in [3.05, 3.63) is 27.9 Å². The van der Waals surface area contributed by atoms with Crippen LogP contribution >= 0.6 is 22.7 Å². The first-order chi connectivity index (χ1) is 10.9. The van der Waals surface area contributed by atoms with Gasteiger partial charge in [-0.15, -0.1) is 11.3 Å². The Balaban J connectivity index is 1.24. The van der Waals surface area contributed by atoms with Crippen molar-refractivity contribution in [2.24, 2.45) is 0 Å². The number of aromatic nitrogens is 1. The Kier molecular flexibility index (Phi) is 4.54. The van der Waals surface area contributed by atoms with Crippen molar-refractivity contribution in [3.63, 3.8) is 0 Å². The molecule has 0 spiro atoms. The summed E-state index contributed by atoms with van der Waals surface area (Å²) in [5.74, 6) is 0. The minimum Gasteiger partial charge on any atom is -0.374 e. The predicted molar refractivity (Wildman–Crippen MR) is 91.5 cm³/mol. The van der Waals surface area contributed by atoms with Gasteiger partial charge in [0.25, 0.3) is 0 Å². The van der Waals surface area contributed by atoms with E-state index in [4.69, 9.17) is 9.72 Å². The number of thiazole rings is 1. The molecule has 0 aromatic carbocycles. The number of rotatable bonds is 6. The Labute approximate surface area is 139 Å². The lowest BCUT2D eigenvalue weighted by Crippen LogP contribution is -2.47. The molecule has 2 aliphatic rings. The Morgan fingerprint density at radius 3 is 3.14 bits per heavy atom. The zero-order chi connectivity index (χ0) is 14.8. The molecule has 1 N–H and O–H groups in total. The quantitative estimate of drug-likeness (QED) is 0.881. The lowest BCUT2D eigenvalue weighted by molar-refractivity contribution is -0.0301. The Bertz CT molecular complexity index is 594. The molecule has 0 bridgehead atoms. The number of nitrogens with one attached hydrogen (secondary N) is 1. The smallest absolute Gasteiger partial charge is 0.124 e. The Morgan fingerprint density at radius 1 is 1.36 bits per heavy atom. The average Bonchev–Trinajstić information content (AvgIpc) is 3.06. The van der Waals surface area contributed by atoms with Gasteiger partial charge in [-0.2, -0.15) is 11.3 Å². The number of hydrogen-bond acceptors (Lipinski definition) is 6. The second-order valence-corrected chi connectivity index (χ2v) is 7.64. The van der Waals surface area contributed by atoms with Crippen LogP contribution in [-0.4, -0.2) is 48.3 Å². The molecule has 3 heterocycles. The molecule has 1 aliphatic heterocycles. The van der Waals surface area contributed by atoms with E-state index >= 15 is 0 Å². The summed E-state index contributed by atoms with van der Waals surface area (Å²) in [5.41, 5.74) is 2.36. The average molecular weight is 335 g/mol. The normalized spacial score (nSPS) is 23.0. The summed E-state index contributed by atoms with van der Waals surface area (Å²) in [6, 6.07) is 2.97. The van der Waals surface area contributed by atoms with E-state index < -0.39 is 0 Å². The molecule has 1 aliphatic carbocycles. The summed E-state index contributed by atoms with van der Waals surface area (Å²) in [4.78, 5) is 7.29. The van der Waals surface area contributed by atoms with Crippen molar-refractivity contribution in [1.29, 1.82) is 0 Å². The van der Waals surface area contributed by atoms with Crippen molar-refractivity contribution in [2.45, 2.75) is 31.5 Å². The zero-order valence-corrected chi connectivity index (χ0v) is 14.2. The lowest BCUT2D eigenvalue weighted by Gasteiger charge is -2.33. The van der Waals surface area contributed by atoms with E-state index in [1.165, 1.54) is 18.4 Å². The first-order valence-electron chi connectivity index (χ1n) is 7.92. The van der Waals surface area contributed by atoms with E-state index in [0.717, 1.165) is 49.5 Å². The van der Waals surface area contributed by atoms with Gasteiger partial charge in [-0.1, -0.05) is 0 Å². The molecule has 4 nitrogen and oxygen atoms in total. The highest BCUT2D eigenvalue weighted by Gasteiger charge is 2.32. The molecule has 1 unspecified atom stereocenters. The van der Waals surface area contributed by atoms with Crippen LogP contribution in [0.2, 0.25) is 0 Å². The molecule has 1 saturated carbocycles. The van der Waals surface area contributed by atoms with E-state index in [0.29, 0.717) is 6.10 Å². The van der Waals surface area contributed by atoms with Gasteiger partial charge in [0.2, 0.25) is 0 Å². The summed E-state index contributed by atoms with van der Waals surface area (Å²) in [6.45, 7) is 4.80. The van der Waals surface area contributed by atoms with Crippen LogP contribution in [0.4, 0.5) is 0 Å². The Morgan fingerprint density at radius 2 is 2.32 bits per heavy atom. The fraction of sp³-hybridized carbons (Fsp3) is 0.562. The van der Waals surface area contributed by atoms with E-state index in [1.54, 1.807) is 22.7 Å². The molecule has 0 amide bonds. The van der Waals surface area contributed by atoms with Crippen LogP contribution in [0.5, 0.6) is 0 Å². The minimum absolute atomic E-state index is 0.323. The Hall–Kier alpha value is -0.790. The minimum atomic E-state index is 0.323. The monoisotopic (exact) mass is 335 g/mol. The second kappa shape index (κ2) is 6.76. The van der Waals surface area contributed by atoms with Gasteiger partial charge in [0.05, 0.1) is 18.4 Å². The third kappa shape index (κ3) is 3.58. The SMILES string of the molecule is c1cc(-c2nc(CNCC3CN(C4CC4)CCO3)cs2)cs1. The third-order valence-corrected chi connectivity index (χ3v) is 5.85.